The third-order valence-corrected chi connectivity index (χ3v) is 3.80. The van der Waals surface area contributed by atoms with Crippen LogP contribution in [-0.2, 0) is 17.8 Å². The molecule has 0 saturated heterocycles. The van der Waals surface area contributed by atoms with Gasteiger partial charge in [0.15, 0.2) is 0 Å². The molecule has 2 aromatic rings. The summed E-state index contributed by atoms with van der Waals surface area (Å²) in [7, 11) is 3.71. The van der Waals surface area contributed by atoms with Crippen LogP contribution in [0.25, 0.3) is 11.0 Å². The van der Waals surface area contributed by atoms with Crippen LogP contribution in [0, 0.1) is 0 Å². The topological polar surface area (TPSA) is 37.6 Å². The first-order valence-electron chi connectivity index (χ1n) is 7.54. The lowest BCUT2D eigenvalue weighted by Gasteiger charge is -2.25. The Balaban J connectivity index is 2.28. The van der Waals surface area contributed by atoms with Crippen LogP contribution in [0.2, 0.25) is 0 Å². The number of para-hydroxylation sites is 1. The zero-order valence-electron chi connectivity index (χ0n) is 13.5. The number of hydrogen-bond donors (Lipinski definition) is 1. The van der Waals surface area contributed by atoms with Gasteiger partial charge in [-0.05, 0) is 27.0 Å². The van der Waals surface area contributed by atoms with E-state index in [0.29, 0.717) is 6.04 Å². The molecule has 21 heavy (non-hydrogen) atoms. The van der Waals surface area contributed by atoms with E-state index in [1.165, 1.54) is 10.9 Å². The van der Waals surface area contributed by atoms with Crippen molar-refractivity contribution in [1.29, 1.82) is 0 Å². The van der Waals surface area contributed by atoms with Gasteiger partial charge in [0.25, 0.3) is 0 Å². The molecular weight excluding hydrogens is 264 g/mol. The summed E-state index contributed by atoms with van der Waals surface area (Å²) < 4.78 is 11.3. The van der Waals surface area contributed by atoms with Crippen molar-refractivity contribution >= 4 is 11.0 Å². The molecule has 0 aliphatic heterocycles. The summed E-state index contributed by atoms with van der Waals surface area (Å²) >= 11 is 0. The highest BCUT2D eigenvalue weighted by molar-refractivity contribution is 5.82. The Morgan fingerprint density at radius 2 is 2.05 bits per heavy atom. The fourth-order valence-corrected chi connectivity index (χ4v) is 2.56. The highest BCUT2D eigenvalue weighted by Crippen LogP contribution is 2.27. The smallest absolute Gasteiger partial charge is 0.134 e. The predicted octanol–water partition coefficient (Wildman–Crippen LogP) is 3.01. The fraction of sp³-hybridized carbons (Fsp3) is 0.529. The second-order valence-electron chi connectivity index (χ2n) is 5.59. The monoisotopic (exact) mass is 290 g/mol. The number of ether oxygens (including phenoxy) is 1. The molecular formula is C17H26N2O2. The van der Waals surface area contributed by atoms with Gasteiger partial charge in [-0.1, -0.05) is 18.2 Å². The van der Waals surface area contributed by atoms with Crippen molar-refractivity contribution in [2.24, 2.45) is 0 Å². The molecule has 0 atom stereocenters. The maximum atomic E-state index is 6.09. The number of hydrogen-bond acceptors (Lipinski definition) is 4. The third-order valence-electron chi connectivity index (χ3n) is 3.80. The van der Waals surface area contributed by atoms with E-state index >= 15 is 0 Å². The SMILES string of the molecule is CNCc1c(CN(CCOC)C(C)C)oc2ccccc12. The van der Waals surface area contributed by atoms with Gasteiger partial charge in [0.1, 0.15) is 11.3 Å². The minimum atomic E-state index is 0.454. The van der Waals surface area contributed by atoms with E-state index in [1.807, 2.05) is 19.2 Å². The molecule has 0 saturated carbocycles. The predicted molar refractivity (Wildman–Crippen MR) is 86.4 cm³/mol. The van der Waals surface area contributed by atoms with Crippen molar-refractivity contribution in [1.82, 2.24) is 10.2 Å². The molecule has 4 heteroatoms. The summed E-state index contributed by atoms with van der Waals surface area (Å²) in [5, 5.41) is 4.45. The van der Waals surface area contributed by atoms with Gasteiger partial charge in [0, 0.05) is 37.2 Å². The lowest BCUT2D eigenvalue weighted by atomic mass is 10.1. The Morgan fingerprint density at radius 3 is 2.71 bits per heavy atom. The van der Waals surface area contributed by atoms with E-state index in [1.54, 1.807) is 7.11 Å². The van der Waals surface area contributed by atoms with Crippen molar-refractivity contribution in [3.63, 3.8) is 0 Å². The molecule has 1 aromatic carbocycles. The lowest BCUT2D eigenvalue weighted by molar-refractivity contribution is 0.119. The number of nitrogens with zero attached hydrogens (tertiary/aromatic N) is 1. The van der Waals surface area contributed by atoms with E-state index in [9.17, 15) is 0 Å². The van der Waals surface area contributed by atoms with E-state index in [-0.39, 0.29) is 0 Å². The van der Waals surface area contributed by atoms with Crippen molar-refractivity contribution in [2.75, 3.05) is 27.3 Å². The average Bonchev–Trinajstić information content (AvgIpc) is 2.81. The Kier molecular flexibility index (Phi) is 5.79. The molecule has 116 valence electrons. The molecule has 0 aliphatic rings. The van der Waals surface area contributed by atoms with Crippen LogP contribution in [0.15, 0.2) is 28.7 Å². The molecule has 2 rings (SSSR count). The average molecular weight is 290 g/mol. The number of benzene rings is 1. The van der Waals surface area contributed by atoms with Crippen LogP contribution in [0.5, 0.6) is 0 Å². The zero-order valence-corrected chi connectivity index (χ0v) is 13.5. The Hall–Kier alpha value is -1.36. The molecule has 0 radical (unpaired) electrons. The van der Waals surface area contributed by atoms with Gasteiger partial charge < -0.3 is 14.5 Å². The first-order chi connectivity index (χ1) is 10.2. The summed E-state index contributed by atoms with van der Waals surface area (Å²) in [5.74, 6) is 1.05. The van der Waals surface area contributed by atoms with Crippen molar-refractivity contribution in [2.45, 2.75) is 33.0 Å². The zero-order chi connectivity index (χ0) is 15.2. The second-order valence-corrected chi connectivity index (χ2v) is 5.59. The third kappa shape index (κ3) is 3.84. The van der Waals surface area contributed by atoms with Crippen LogP contribution in [-0.4, -0.2) is 38.3 Å². The summed E-state index contributed by atoms with van der Waals surface area (Å²) in [6.45, 7) is 7.69. The fourth-order valence-electron chi connectivity index (χ4n) is 2.56. The summed E-state index contributed by atoms with van der Waals surface area (Å²) in [6, 6.07) is 8.70. The molecule has 1 heterocycles. The molecule has 0 aliphatic carbocycles. The van der Waals surface area contributed by atoms with Crippen LogP contribution >= 0.6 is 0 Å². The van der Waals surface area contributed by atoms with Crippen molar-refractivity contribution in [3.8, 4) is 0 Å². The molecule has 0 fully saturated rings. The Bertz CT molecular complexity index is 563. The number of methoxy groups -OCH3 is 1. The van der Waals surface area contributed by atoms with Gasteiger partial charge in [0.05, 0.1) is 13.2 Å². The van der Waals surface area contributed by atoms with Gasteiger partial charge in [-0.15, -0.1) is 0 Å². The van der Waals surface area contributed by atoms with Crippen LogP contribution in [0.3, 0.4) is 0 Å². The number of furan rings is 1. The molecule has 0 spiro atoms. The minimum Gasteiger partial charge on any atom is -0.459 e. The highest BCUT2D eigenvalue weighted by atomic mass is 16.5. The van der Waals surface area contributed by atoms with Gasteiger partial charge in [-0.25, -0.2) is 0 Å². The molecule has 1 N–H and O–H groups in total. The Morgan fingerprint density at radius 1 is 1.29 bits per heavy atom. The van der Waals surface area contributed by atoms with Crippen molar-refractivity contribution in [3.05, 3.63) is 35.6 Å². The molecule has 1 aromatic heterocycles. The second kappa shape index (κ2) is 7.59. The molecule has 0 unspecified atom stereocenters. The quantitative estimate of drug-likeness (QED) is 0.811. The highest BCUT2D eigenvalue weighted by Gasteiger charge is 2.18. The first kappa shape index (κ1) is 16.0. The lowest BCUT2D eigenvalue weighted by Crippen LogP contribution is -2.33. The standard InChI is InChI=1S/C17H26N2O2/c1-13(2)19(9-10-20-4)12-17-15(11-18-3)14-7-5-6-8-16(14)21-17/h5-8,13,18H,9-12H2,1-4H3. The van der Waals surface area contributed by atoms with E-state index in [2.05, 4.69) is 36.2 Å². The Labute approximate surface area is 127 Å². The summed E-state index contributed by atoms with van der Waals surface area (Å²) in [6.07, 6.45) is 0. The maximum absolute atomic E-state index is 6.09. The van der Waals surface area contributed by atoms with E-state index in [4.69, 9.17) is 9.15 Å². The number of fused-ring (bicyclic) bond motifs is 1. The molecule has 0 bridgehead atoms. The maximum Gasteiger partial charge on any atom is 0.134 e. The van der Waals surface area contributed by atoms with Crippen LogP contribution in [0.4, 0.5) is 0 Å². The van der Waals surface area contributed by atoms with E-state index in [0.717, 1.165) is 37.6 Å². The summed E-state index contributed by atoms with van der Waals surface area (Å²) in [5.41, 5.74) is 2.23. The minimum absolute atomic E-state index is 0.454. The first-order valence-corrected chi connectivity index (χ1v) is 7.54. The number of nitrogens with one attached hydrogen (secondary N) is 1. The van der Waals surface area contributed by atoms with Crippen molar-refractivity contribution < 1.29 is 9.15 Å². The molecule has 4 nitrogen and oxygen atoms in total. The number of rotatable bonds is 8. The van der Waals surface area contributed by atoms with Gasteiger partial charge >= 0.3 is 0 Å². The summed E-state index contributed by atoms with van der Waals surface area (Å²) in [4.78, 5) is 2.38. The van der Waals surface area contributed by atoms with Crippen LogP contribution < -0.4 is 5.32 Å². The van der Waals surface area contributed by atoms with Crippen LogP contribution in [0.1, 0.15) is 25.2 Å². The normalized spacial score (nSPS) is 11.9. The van der Waals surface area contributed by atoms with Gasteiger partial charge in [0.2, 0.25) is 0 Å². The largest absolute Gasteiger partial charge is 0.459 e. The van der Waals surface area contributed by atoms with E-state index < -0.39 is 0 Å². The molecule has 0 amide bonds. The van der Waals surface area contributed by atoms with Gasteiger partial charge in [-0.2, -0.15) is 0 Å². The van der Waals surface area contributed by atoms with Gasteiger partial charge in [-0.3, -0.25) is 4.90 Å².